The molecule has 2 nitrogen and oxygen atoms in total. The van der Waals surface area contributed by atoms with E-state index in [4.69, 9.17) is 10.2 Å². The molecule has 0 aromatic heterocycles. The highest BCUT2D eigenvalue weighted by Crippen LogP contribution is 2.24. The van der Waals surface area contributed by atoms with E-state index in [-0.39, 0.29) is 22.4 Å². The molecule has 2 N–H and O–H groups in total. The number of allylic oxidation sites excluding steroid dienone is 4. The number of halogens is 2. The van der Waals surface area contributed by atoms with E-state index in [0.717, 1.165) is 0 Å². The zero-order valence-electron chi connectivity index (χ0n) is 6.36. The maximum Gasteiger partial charge on any atom is 0.178 e. The minimum absolute atomic E-state index is 0.100. The van der Waals surface area contributed by atoms with E-state index < -0.39 is 5.83 Å². The Hall–Kier alpha value is -0.510. The lowest BCUT2D eigenvalue weighted by atomic mass is 10.3. The van der Waals surface area contributed by atoms with Crippen LogP contribution in [-0.2, 0) is 0 Å². The molecule has 0 aromatic carbocycles. The van der Waals surface area contributed by atoms with Crippen molar-refractivity contribution in [2.75, 3.05) is 0 Å². The van der Waals surface area contributed by atoms with Gasteiger partial charge in [0.2, 0.25) is 0 Å². The molecule has 0 unspecified atom stereocenters. The van der Waals surface area contributed by atoms with Gasteiger partial charge < -0.3 is 10.2 Å². The standard InChI is InChI=1S/C7H10BrFO2/c1-3-5(11)7(9)6(8)4(2)10/h10-11H,3H2,1-2H3/b6-4-,7-5-. The highest BCUT2D eigenvalue weighted by Gasteiger charge is 2.09. The summed E-state index contributed by atoms with van der Waals surface area (Å²) in [6.07, 6.45) is 0.203. The van der Waals surface area contributed by atoms with Gasteiger partial charge in [0.15, 0.2) is 5.83 Å². The Kier molecular flexibility index (Phi) is 4.18. The molecule has 11 heavy (non-hydrogen) atoms. The summed E-state index contributed by atoms with van der Waals surface area (Å²) in [6, 6.07) is 0. The summed E-state index contributed by atoms with van der Waals surface area (Å²) >= 11 is 2.79. The molecule has 0 amide bonds. The van der Waals surface area contributed by atoms with E-state index in [0.29, 0.717) is 0 Å². The third-order valence-electron chi connectivity index (χ3n) is 1.10. The van der Waals surface area contributed by atoms with Crippen LogP contribution >= 0.6 is 15.9 Å². The quantitative estimate of drug-likeness (QED) is 0.559. The first-order chi connectivity index (χ1) is 5.00. The average Bonchev–Trinajstić information content (AvgIpc) is 2.00. The first kappa shape index (κ1) is 10.5. The third-order valence-corrected chi connectivity index (χ3v) is 2.02. The SMILES string of the molecule is CC/C(O)=C(F)\C(Br)=C(/C)O. The summed E-state index contributed by atoms with van der Waals surface area (Å²) < 4.78 is 12.7. The van der Waals surface area contributed by atoms with Crippen molar-refractivity contribution in [1.82, 2.24) is 0 Å². The van der Waals surface area contributed by atoms with Gasteiger partial charge in [-0.2, -0.15) is 0 Å². The van der Waals surface area contributed by atoms with E-state index in [1.807, 2.05) is 0 Å². The molecule has 0 saturated carbocycles. The Morgan fingerprint density at radius 1 is 1.45 bits per heavy atom. The van der Waals surface area contributed by atoms with E-state index in [1.165, 1.54) is 6.92 Å². The van der Waals surface area contributed by atoms with Gasteiger partial charge in [0.1, 0.15) is 11.5 Å². The number of aliphatic hydroxyl groups is 2. The molecule has 0 aliphatic carbocycles. The van der Waals surface area contributed by atoms with Crippen LogP contribution in [0.15, 0.2) is 21.8 Å². The van der Waals surface area contributed by atoms with Gasteiger partial charge in [-0.3, -0.25) is 0 Å². The fourth-order valence-electron chi connectivity index (χ4n) is 0.441. The second-order valence-corrected chi connectivity index (χ2v) is 2.81. The van der Waals surface area contributed by atoms with Crippen LogP contribution in [0.3, 0.4) is 0 Å². The lowest BCUT2D eigenvalue weighted by molar-refractivity contribution is 0.364. The van der Waals surface area contributed by atoms with Crippen molar-refractivity contribution in [2.45, 2.75) is 20.3 Å². The summed E-state index contributed by atoms with van der Waals surface area (Å²) in [5.41, 5.74) is 0. The predicted octanol–water partition coefficient (Wildman–Crippen LogP) is 3.32. The molecule has 0 bridgehead atoms. The molecule has 0 heterocycles. The Morgan fingerprint density at radius 2 is 1.91 bits per heavy atom. The van der Waals surface area contributed by atoms with Gasteiger partial charge in [-0.25, -0.2) is 4.39 Å². The van der Waals surface area contributed by atoms with Crippen LogP contribution in [0.5, 0.6) is 0 Å². The molecule has 64 valence electrons. The second-order valence-electron chi connectivity index (χ2n) is 2.01. The number of aliphatic hydroxyl groups excluding tert-OH is 2. The summed E-state index contributed by atoms with van der Waals surface area (Å²) in [7, 11) is 0. The Balaban J connectivity index is 4.75. The largest absolute Gasteiger partial charge is 0.511 e. The minimum atomic E-state index is -0.813. The molecule has 4 heteroatoms. The van der Waals surface area contributed by atoms with Crippen LogP contribution in [-0.4, -0.2) is 10.2 Å². The van der Waals surface area contributed by atoms with Gasteiger partial charge in [0.05, 0.1) is 4.48 Å². The second kappa shape index (κ2) is 4.38. The fraction of sp³-hybridized carbons (Fsp3) is 0.429. The van der Waals surface area contributed by atoms with Crippen molar-refractivity contribution in [2.24, 2.45) is 0 Å². The molecule has 0 aliphatic rings. The van der Waals surface area contributed by atoms with Gasteiger partial charge in [0.25, 0.3) is 0 Å². The van der Waals surface area contributed by atoms with Crippen LogP contribution in [0.2, 0.25) is 0 Å². The smallest absolute Gasteiger partial charge is 0.178 e. The zero-order valence-corrected chi connectivity index (χ0v) is 7.94. The maximum atomic E-state index is 12.8. The molecule has 0 saturated heterocycles. The van der Waals surface area contributed by atoms with Crippen LogP contribution in [0.4, 0.5) is 4.39 Å². The topological polar surface area (TPSA) is 40.5 Å². The summed E-state index contributed by atoms with van der Waals surface area (Å²) in [5.74, 6) is -1.37. The van der Waals surface area contributed by atoms with E-state index in [9.17, 15) is 4.39 Å². The van der Waals surface area contributed by atoms with E-state index in [2.05, 4.69) is 15.9 Å². The van der Waals surface area contributed by atoms with Gasteiger partial charge >= 0.3 is 0 Å². The number of hydrogen-bond acceptors (Lipinski definition) is 2. The maximum absolute atomic E-state index is 12.8. The molecule has 0 aliphatic heterocycles. The zero-order chi connectivity index (χ0) is 9.02. The van der Waals surface area contributed by atoms with Gasteiger partial charge in [-0.05, 0) is 22.9 Å². The van der Waals surface area contributed by atoms with Crippen molar-refractivity contribution in [3.05, 3.63) is 21.8 Å². The Morgan fingerprint density at radius 3 is 2.18 bits per heavy atom. The highest BCUT2D eigenvalue weighted by molar-refractivity contribution is 9.12. The first-order valence-corrected chi connectivity index (χ1v) is 3.93. The third kappa shape index (κ3) is 2.93. The Bertz CT molecular complexity index is 204. The molecule has 0 rings (SSSR count). The summed E-state index contributed by atoms with van der Waals surface area (Å²) in [4.78, 5) is 0. The van der Waals surface area contributed by atoms with Gasteiger partial charge in [-0.15, -0.1) is 0 Å². The highest BCUT2D eigenvalue weighted by atomic mass is 79.9. The first-order valence-electron chi connectivity index (χ1n) is 3.14. The van der Waals surface area contributed by atoms with Crippen molar-refractivity contribution < 1.29 is 14.6 Å². The van der Waals surface area contributed by atoms with Gasteiger partial charge in [-0.1, -0.05) is 6.92 Å². The normalized spacial score (nSPS) is 15.6. The van der Waals surface area contributed by atoms with Gasteiger partial charge in [0, 0.05) is 6.42 Å². The van der Waals surface area contributed by atoms with Crippen LogP contribution in [0.25, 0.3) is 0 Å². The minimum Gasteiger partial charge on any atom is -0.511 e. The predicted molar refractivity (Wildman–Crippen MR) is 45.3 cm³/mol. The average molecular weight is 225 g/mol. The van der Waals surface area contributed by atoms with Crippen molar-refractivity contribution in [3.8, 4) is 0 Å². The molecule has 0 fully saturated rings. The monoisotopic (exact) mass is 224 g/mol. The molecular weight excluding hydrogens is 215 g/mol. The van der Waals surface area contributed by atoms with Crippen molar-refractivity contribution in [3.63, 3.8) is 0 Å². The fourth-order valence-corrected chi connectivity index (χ4v) is 0.670. The lowest BCUT2D eigenvalue weighted by Crippen LogP contribution is -1.87. The van der Waals surface area contributed by atoms with Crippen LogP contribution in [0.1, 0.15) is 20.3 Å². The Labute approximate surface area is 73.2 Å². The molecular formula is C7H10BrFO2. The molecule has 0 aromatic rings. The van der Waals surface area contributed by atoms with E-state index >= 15 is 0 Å². The van der Waals surface area contributed by atoms with E-state index in [1.54, 1.807) is 6.92 Å². The van der Waals surface area contributed by atoms with Crippen LogP contribution in [0, 0.1) is 0 Å². The van der Waals surface area contributed by atoms with Crippen molar-refractivity contribution in [1.29, 1.82) is 0 Å². The molecule has 0 atom stereocenters. The van der Waals surface area contributed by atoms with Crippen molar-refractivity contribution >= 4 is 15.9 Å². The summed E-state index contributed by atoms with van der Waals surface area (Å²) in [5, 5.41) is 17.7. The van der Waals surface area contributed by atoms with Crippen LogP contribution < -0.4 is 0 Å². The number of rotatable bonds is 2. The summed E-state index contributed by atoms with van der Waals surface area (Å²) in [6.45, 7) is 2.94. The molecule has 0 radical (unpaired) electrons. The number of hydrogen-bond donors (Lipinski definition) is 2. The molecule has 0 spiro atoms. The lowest BCUT2D eigenvalue weighted by Gasteiger charge is -1.99.